The Morgan fingerprint density at radius 3 is 2.48 bits per heavy atom. The van der Waals surface area contributed by atoms with Crippen LogP contribution in [0.25, 0.3) is 20.7 Å². The highest BCUT2D eigenvalue weighted by Crippen LogP contribution is 2.64. The van der Waals surface area contributed by atoms with Crippen molar-refractivity contribution in [3.63, 3.8) is 0 Å². The molecule has 9 rings (SSSR count). The molecule has 6 unspecified atom stereocenters. The lowest BCUT2D eigenvalue weighted by molar-refractivity contribution is -0.131. The molecule has 2 aliphatic heterocycles. The van der Waals surface area contributed by atoms with Crippen molar-refractivity contribution >= 4 is 79.8 Å². The summed E-state index contributed by atoms with van der Waals surface area (Å²) in [6.07, 6.45) is 2.15. The van der Waals surface area contributed by atoms with Crippen LogP contribution < -0.4 is 9.80 Å². The van der Waals surface area contributed by atoms with Gasteiger partial charge >= 0.3 is 0 Å². The number of amides is 4. The molecule has 9 nitrogen and oxygen atoms in total. The average molecular weight is 784 g/mol. The number of para-hydroxylation sites is 1. The van der Waals surface area contributed by atoms with Gasteiger partial charge in [0.1, 0.15) is 11.5 Å². The van der Waals surface area contributed by atoms with Crippen LogP contribution in [0.3, 0.4) is 0 Å². The molecule has 2 saturated heterocycles. The molecule has 0 spiro atoms. The van der Waals surface area contributed by atoms with Crippen LogP contribution in [0.15, 0.2) is 72.3 Å². The maximum absolute atomic E-state index is 15.2. The van der Waals surface area contributed by atoms with Gasteiger partial charge in [-0.25, -0.2) is 14.2 Å². The molecule has 4 amide bonds. The molecule has 4 heterocycles. The Labute approximate surface area is 323 Å². The van der Waals surface area contributed by atoms with Crippen LogP contribution in [0, 0.1) is 48.8 Å². The molecule has 3 fully saturated rings. The SMILES string of the molecule is Cc1ccc(N2C(=O)C3CC=C4C(CC5C(=O)N(c6cc(-c7sc8ccc(Cl)cc8c7C)nn6C)C(=O)C5(C)C4c4cccc(F)c4O)C3C2=O)cc1Cl. The van der Waals surface area contributed by atoms with Gasteiger partial charge in [0.15, 0.2) is 11.6 Å². The van der Waals surface area contributed by atoms with Gasteiger partial charge in [-0.05, 0) is 92.4 Å². The van der Waals surface area contributed by atoms with Crippen molar-refractivity contribution in [1.82, 2.24) is 9.78 Å². The first-order valence-electron chi connectivity index (χ1n) is 17.6. The van der Waals surface area contributed by atoms with Gasteiger partial charge in [-0.2, -0.15) is 5.10 Å². The van der Waals surface area contributed by atoms with Gasteiger partial charge in [-0.15, -0.1) is 11.3 Å². The van der Waals surface area contributed by atoms with Gasteiger partial charge in [0.05, 0.1) is 33.7 Å². The Bertz CT molecular complexity index is 2560. The smallest absolute Gasteiger partial charge is 0.242 e. The van der Waals surface area contributed by atoms with Crippen LogP contribution in [-0.4, -0.2) is 38.5 Å². The molecule has 13 heteroatoms. The lowest BCUT2D eigenvalue weighted by Crippen LogP contribution is -2.49. The van der Waals surface area contributed by atoms with Crippen LogP contribution >= 0.6 is 34.5 Å². The maximum Gasteiger partial charge on any atom is 0.242 e. The molecule has 4 aliphatic rings. The fraction of sp³-hybridized carbons (Fsp3) is 0.293. The number of phenolic OH excluding ortho intramolecular Hbond substituents is 1. The summed E-state index contributed by atoms with van der Waals surface area (Å²) in [4.78, 5) is 61.4. The summed E-state index contributed by atoms with van der Waals surface area (Å²) in [6.45, 7) is 5.49. The molecule has 274 valence electrons. The lowest BCUT2D eigenvalue weighted by Gasteiger charge is -2.49. The number of rotatable bonds is 4. The first kappa shape index (κ1) is 34.9. The fourth-order valence-corrected chi connectivity index (χ4v) is 11.0. The van der Waals surface area contributed by atoms with E-state index in [2.05, 4.69) is 0 Å². The Hall–Kier alpha value is -4.84. The first-order chi connectivity index (χ1) is 25.7. The van der Waals surface area contributed by atoms with E-state index >= 15 is 9.18 Å². The zero-order chi connectivity index (χ0) is 38.1. The number of carbonyl (C=O) groups excluding carboxylic acids is 4. The summed E-state index contributed by atoms with van der Waals surface area (Å²) >= 11 is 14.2. The molecule has 1 saturated carbocycles. The summed E-state index contributed by atoms with van der Waals surface area (Å²) in [5.74, 6) is -7.19. The highest BCUT2D eigenvalue weighted by molar-refractivity contribution is 7.22. The van der Waals surface area contributed by atoms with Gasteiger partial charge < -0.3 is 5.11 Å². The Morgan fingerprint density at radius 1 is 0.944 bits per heavy atom. The number of benzene rings is 3. The van der Waals surface area contributed by atoms with Crippen LogP contribution in [0.1, 0.15) is 42.4 Å². The van der Waals surface area contributed by atoms with Crippen molar-refractivity contribution in [1.29, 1.82) is 0 Å². The fourth-order valence-electron chi connectivity index (χ4n) is 9.53. The van der Waals surface area contributed by atoms with E-state index in [9.17, 15) is 19.5 Å². The summed E-state index contributed by atoms with van der Waals surface area (Å²) in [5, 5.41) is 18.0. The molecular formula is C41H33Cl2FN4O5S. The van der Waals surface area contributed by atoms with Gasteiger partial charge in [-0.3, -0.25) is 23.9 Å². The highest BCUT2D eigenvalue weighted by Gasteiger charge is 2.68. The van der Waals surface area contributed by atoms with E-state index in [1.165, 1.54) is 27.0 Å². The number of anilines is 2. The Kier molecular flexibility index (Phi) is 7.81. The number of aromatic nitrogens is 2. The van der Waals surface area contributed by atoms with Crippen LogP contribution in [0.2, 0.25) is 10.0 Å². The van der Waals surface area contributed by atoms with E-state index in [0.717, 1.165) is 37.1 Å². The minimum Gasteiger partial charge on any atom is -0.505 e. The monoisotopic (exact) mass is 782 g/mol. The summed E-state index contributed by atoms with van der Waals surface area (Å²) in [5.41, 5.74) is 1.99. The van der Waals surface area contributed by atoms with E-state index in [4.69, 9.17) is 28.3 Å². The number of aryl methyl sites for hydroxylation is 3. The van der Waals surface area contributed by atoms with Gasteiger partial charge in [-0.1, -0.05) is 53.1 Å². The standard InChI is InChI=1S/C41H33Cl2FN4O5S/c1-18-8-10-21(15-28(18)43)47-37(50)23-12-11-22-26(33(23)39(47)52)16-27-38(51)48(40(53)41(27,3)34(22)24-6-5-7-29(44)35(24)49)32-17-30(45-46(32)4)36-19(2)25-14-20(42)9-13-31(25)54-36/h5-11,13-15,17,23,26-27,33-34,49H,12,16H2,1-4H3. The number of imide groups is 2. The second kappa shape index (κ2) is 12.1. The topological polar surface area (TPSA) is 113 Å². The number of fused-ring (bicyclic) bond motifs is 5. The van der Waals surface area contributed by atoms with Gasteiger partial charge in [0, 0.05) is 39.3 Å². The largest absolute Gasteiger partial charge is 0.505 e. The number of carbonyl (C=O) groups is 4. The van der Waals surface area contributed by atoms with Crippen molar-refractivity contribution < 1.29 is 28.7 Å². The summed E-state index contributed by atoms with van der Waals surface area (Å²) in [7, 11) is 1.67. The number of allylic oxidation sites excluding steroid dienone is 2. The Morgan fingerprint density at radius 2 is 1.72 bits per heavy atom. The van der Waals surface area contributed by atoms with E-state index in [-0.39, 0.29) is 30.1 Å². The maximum atomic E-state index is 15.2. The molecule has 5 aromatic rings. The van der Waals surface area contributed by atoms with Crippen LogP contribution in [0.5, 0.6) is 5.75 Å². The zero-order valence-corrected chi connectivity index (χ0v) is 31.9. The number of hydrogen-bond donors (Lipinski definition) is 1. The van der Waals surface area contributed by atoms with Crippen molar-refractivity contribution in [2.75, 3.05) is 9.80 Å². The lowest BCUT2D eigenvalue weighted by atomic mass is 9.51. The second-order valence-electron chi connectivity index (χ2n) is 15.0. The molecule has 6 atom stereocenters. The van der Waals surface area contributed by atoms with E-state index in [1.807, 2.05) is 38.1 Å². The number of hydrogen-bond acceptors (Lipinski definition) is 7. The molecule has 0 bridgehead atoms. The molecule has 54 heavy (non-hydrogen) atoms. The number of thiophene rings is 1. The van der Waals surface area contributed by atoms with Crippen molar-refractivity contribution in [2.45, 2.75) is 39.5 Å². The normalized spacial score (nSPS) is 26.4. The third-order valence-corrected chi connectivity index (χ3v) is 14.2. The third kappa shape index (κ3) is 4.70. The van der Waals surface area contributed by atoms with E-state index in [1.54, 1.807) is 44.3 Å². The molecule has 1 N–H and O–H groups in total. The second-order valence-corrected chi connectivity index (χ2v) is 16.9. The highest BCUT2D eigenvalue weighted by atomic mass is 35.5. The van der Waals surface area contributed by atoms with E-state index < -0.39 is 64.3 Å². The molecule has 2 aromatic heterocycles. The van der Waals surface area contributed by atoms with Crippen molar-refractivity contribution in [2.24, 2.45) is 36.1 Å². The van der Waals surface area contributed by atoms with Gasteiger partial charge in [0.2, 0.25) is 23.6 Å². The van der Waals surface area contributed by atoms with Crippen LogP contribution in [0.4, 0.5) is 15.9 Å². The first-order valence-corrected chi connectivity index (χ1v) is 19.2. The van der Waals surface area contributed by atoms with Crippen LogP contribution in [-0.2, 0) is 26.2 Å². The molecule has 2 aliphatic carbocycles. The van der Waals surface area contributed by atoms with Crippen molar-refractivity contribution in [3.05, 3.63) is 105 Å². The third-order valence-electron chi connectivity index (χ3n) is 12.2. The number of phenols is 1. The predicted octanol–water partition coefficient (Wildman–Crippen LogP) is 8.51. The quantitative estimate of drug-likeness (QED) is 0.145. The molecular weight excluding hydrogens is 750 g/mol. The molecule has 3 aromatic carbocycles. The van der Waals surface area contributed by atoms with Crippen molar-refractivity contribution in [3.8, 4) is 16.3 Å². The number of nitrogens with zero attached hydrogens (tertiary/aromatic N) is 4. The Balaban J connectivity index is 1.16. The molecule has 0 radical (unpaired) electrons. The summed E-state index contributed by atoms with van der Waals surface area (Å²) in [6, 6.07) is 16.6. The zero-order valence-electron chi connectivity index (χ0n) is 29.6. The average Bonchev–Trinajstić information content (AvgIpc) is 3.81. The minimum atomic E-state index is -1.48. The predicted molar refractivity (Wildman–Crippen MR) is 205 cm³/mol. The minimum absolute atomic E-state index is 0.0968. The number of aromatic hydroxyl groups is 1. The number of halogens is 3. The summed E-state index contributed by atoms with van der Waals surface area (Å²) < 4.78 is 17.7. The van der Waals surface area contributed by atoms with Gasteiger partial charge in [0.25, 0.3) is 0 Å². The van der Waals surface area contributed by atoms with E-state index in [0.29, 0.717) is 27.0 Å².